The van der Waals surface area contributed by atoms with Crippen LogP contribution in [0.5, 0.6) is 0 Å². The first-order valence-corrected chi connectivity index (χ1v) is 13.7. The van der Waals surface area contributed by atoms with E-state index in [0.717, 1.165) is 5.67 Å². The Bertz CT molecular complexity index is 250. The highest BCUT2D eigenvalue weighted by molar-refractivity contribution is 6.10. The van der Waals surface area contributed by atoms with Crippen molar-refractivity contribution in [3.05, 3.63) is 0 Å². The molecule has 0 aliphatic rings. The van der Waals surface area contributed by atoms with Crippen LogP contribution in [-0.2, 0) is 0 Å². The molecule has 27 heavy (non-hydrogen) atoms. The zero-order chi connectivity index (χ0) is 19.5. The summed E-state index contributed by atoms with van der Waals surface area (Å²) in [7, 11) is 1.38. The number of halogens is 1. The van der Waals surface area contributed by atoms with E-state index in [4.69, 9.17) is 0 Å². The smallest absolute Gasteiger partial charge is 0.0785 e. The first-order valence-electron chi connectivity index (χ1n) is 12.5. The number of hydrogen-bond donors (Lipinski definition) is 0. The topological polar surface area (TPSA) is 0 Å². The summed E-state index contributed by atoms with van der Waals surface area (Å²) in [5, 5.41) is 0. The summed E-state index contributed by atoms with van der Waals surface area (Å²) >= 11 is 0. The second-order valence-corrected chi connectivity index (χ2v) is 10.2. The molecule has 0 aromatic carbocycles. The highest BCUT2D eigenvalue weighted by atomic mass is 35.5. The average Bonchev–Trinajstić information content (AvgIpc) is 2.66. The molecule has 0 heterocycles. The molecule has 0 bridgehead atoms. The van der Waals surface area contributed by atoms with Crippen LogP contribution in [-0.4, -0.2) is 40.0 Å². The minimum Gasteiger partial charge on any atom is -1.00 e. The van der Waals surface area contributed by atoms with Gasteiger partial charge in [-0.15, -0.1) is 0 Å². The van der Waals surface area contributed by atoms with Gasteiger partial charge in [0.1, 0.15) is 0 Å². The van der Waals surface area contributed by atoms with E-state index in [1.807, 2.05) is 0 Å². The molecule has 0 aliphatic heterocycles. The number of nitrogens with zero attached hydrogens (tertiary/aromatic N) is 1. The van der Waals surface area contributed by atoms with Gasteiger partial charge in [-0.1, -0.05) is 85.5 Å². The first kappa shape index (κ1) is 29.7. The summed E-state index contributed by atoms with van der Waals surface area (Å²) in [6.07, 6.45) is 23.0. The van der Waals surface area contributed by atoms with Crippen LogP contribution in [0.4, 0.5) is 0 Å². The van der Waals surface area contributed by atoms with Crippen molar-refractivity contribution in [3.8, 4) is 0 Å². The molecule has 0 spiro atoms. The zero-order valence-corrected chi connectivity index (χ0v) is 22.6. The molecular weight excluding hydrogens is 366 g/mol. The summed E-state index contributed by atoms with van der Waals surface area (Å²) in [4.78, 5) is 0. The minimum atomic E-state index is 0. The molecule has 0 saturated heterocycles. The fraction of sp³-hybridized carbons (Fsp3) is 1.00. The molecule has 0 N–H and O–H groups in total. The summed E-state index contributed by atoms with van der Waals surface area (Å²) < 4.78 is 1.49. The van der Waals surface area contributed by atoms with Crippen LogP contribution in [0.25, 0.3) is 0 Å². The van der Waals surface area contributed by atoms with Gasteiger partial charge in [-0.2, -0.15) is 0 Å². The van der Waals surface area contributed by atoms with Crippen LogP contribution in [0, 0.1) is 0 Å². The molecule has 1 unspecified atom stereocenters. The third kappa shape index (κ3) is 15.0. The Hall–Kier alpha value is 0.467. The standard InChI is InChI=1S/C24H54NSi.ClH/c1-5-9-12-15-18-21-25(24(26)8-4,22-19-16-13-10-6-2)23-20-17-14-11-7-3;/h24H,5-23H2,1-4,26H3;1H/q+1;/p-1. The van der Waals surface area contributed by atoms with Crippen molar-refractivity contribution in [2.24, 2.45) is 0 Å². The van der Waals surface area contributed by atoms with Crippen LogP contribution in [0.15, 0.2) is 0 Å². The number of quaternary nitrogens is 1. The van der Waals surface area contributed by atoms with Gasteiger partial charge in [0.05, 0.1) is 35.5 Å². The van der Waals surface area contributed by atoms with E-state index in [1.165, 1.54) is 137 Å². The van der Waals surface area contributed by atoms with Gasteiger partial charge in [0, 0.05) is 0 Å². The van der Waals surface area contributed by atoms with Crippen molar-refractivity contribution >= 4 is 10.2 Å². The van der Waals surface area contributed by atoms with Crippen molar-refractivity contribution in [2.45, 2.75) is 136 Å². The second kappa shape index (κ2) is 21.2. The van der Waals surface area contributed by atoms with Gasteiger partial charge in [-0.25, -0.2) is 0 Å². The molecule has 0 fully saturated rings. The van der Waals surface area contributed by atoms with Gasteiger partial charge in [0.15, 0.2) is 0 Å². The van der Waals surface area contributed by atoms with Crippen molar-refractivity contribution in [1.82, 2.24) is 0 Å². The molecule has 0 radical (unpaired) electrons. The monoisotopic (exact) mass is 419 g/mol. The maximum atomic E-state index is 2.45. The molecule has 0 amide bonds. The fourth-order valence-electron chi connectivity index (χ4n) is 4.47. The van der Waals surface area contributed by atoms with E-state index in [-0.39, 0.29) is 12.4 Å². The Labute approximate surface area is 182 Å². The highest BCUT2D eigenvalue weighted by Crippen LogP contribution is 2.22. The van der Waals surface area contributed by atoms with Crippen LogP contribution in [0.1, 0.15) is 130 Å². The first-order chi connectivity index (χ1) is 12.7. The molecule has 0 aromatic rings. The summed E-state index contributed by atoms with van der Waals surface area (Å²) in [6, 6.07) is 0. The van der Waals surface area contributed by atoms with Gasteiger partial charge >= 0.3 is 0 Å². The Morgan fingerprint density at radius 3 is 1.07 bits per heavy atom. The van der Waals surface area contributed by atoms with E-state index in [1.54, 1.807) is 0 Å². The molecule has 0 aromatic heterocycles. The summed E-state index contributed by atoms with van der Waals surface area (Å²) in [5.41, 5.74) is 0.985. The predicted molar refractivity (Wildman–Crippen MR) is 125 cm³/mol. The number of unbranched alkanes of at least 4 members (excludes halogenated alkanes) is 12. The fourth-order valence-corrected chi connectivity index (χ4v) is 5.25. The third-order valence-electron chi connectivity index (χ3n) is 6.65. The molecule has 3 heteroatoms. The van der Waals surface area contributed by atoms with Gasteiger partial charge in [-0.05, 0) is 44.9 Å². The van der Waals surface area contributed by atoms with E-state index < -0.39 is 0 Å². The lowest BCUT2D eigenvalue weighted by molar-refractivity contribution is -0.940. The maximum absolute atomic E-state index is 2.45. The van der Waals surface area contributed by atoms with Gasteiger partial charge in [0.2, 0.25) is 0 Å². The lowest BCUT2D eigenvalue weighted by atomic mass is 10.1. The van der Waals surface area contributed by atoms with Crippen LogP contribution in [0.2, 0.25) is 0 Å². The Morgan fingerprint density at radius 2 is 0.815 bits per heavy atom. The summed E-state index contributed by atoms with van der Waals surface area (Å²) in [6.45, 7) is 13.9. The lowest BCUT2D eigenvalue weighted by Gasteiger charge is -2.44. The second-order valence-electron chi connectivity index (χ2n) is 8.89. The van der Waals surface area contributed by atoms with Crippen LogP contribution < -0.4 is 12.4 Å². The Morgan fingerprint density at radius 1 is 0.519 bits per heavy atom. The van der Waals surface area contributed by atoms with Gasteiger partial charge < -0.3 is 16.9 Å². The Balaban J connectivity index is 0. The molecule has 1 atom stereocenters. The molecule has 166 valence electrons. The largest absolute Gasteiger partial charge is 1.00 e. The predicted octanol–water partition coefficient (Wildman–Crippen LogP) is 3.82. The lowest BCUT2D eigenvalue weighted by Crippen LogP contribution is -3.00. The van der Waals surface area contributed by atoms with Gasteiger partial charge in [-0.3, -0.25) is 0 Å². The number of hydrogen-bond acceptors (Lipinski definition) is 0. The van der Waals surface area contributed by atoms with E-state index in [9.17, 15) is 0 Å². The average molecular weight is 420 g/mol. The molecular formula is C24H54ClNSi. The van der Waals surface area contributed by atoms with Crippen molar-refractivity contribution in [1.29, 1.82) is 0 Å². The van der Waals surface area contributed by atoms with Crippen molar-refractivity contribution < 1.29 is 16.9 Å². The molecule has 0 rings (SSSR count). The Kier molecular flexibility index (Phi) is 23.3. The van der Waals surface area contributed by atoms with E-state index in [0.29, 0.717) is 0 Å². The van der Waals surface area contributed by atoms with Crippen LogP contribution >= 0.6 is 0 Å². The normalized spacial score (nSPS) is 12.9. The quantitative estimate of drug-likeness (QED) is 0.160. The van der Waals surface area contributed by atoms with E-state index in [2.05, 4.69) is 27.7 Å². The highest BCUT2D eigenvalue weighted by Gasteiger charge is 2.31. The van der Waals surface area contributed by atoms with Crippen LogP contribution in [0.3, 0.4) is 0 Å². The molecule has 0 aliphatic carbocycles. The van der Waals surface area contributed by atoms with Crippen molar-refractivity contribution in [3.63, 3.8) is 0 Å². The molecule has 0 saturated carbocycles. The molecule has 1 nitrogen and oxygen atoms in total. The SMILES string of the molecule is CCCCCCC[N+](CCCCCCC)(CCCCCCC)C([SiH3])CC.[Cl-]. The third-order valence-corrected chi connectivity index (χ3v) is 8.56. The van der Waals surface area contributed by atoms with E-state index >= 15 is 0 Å². The maximum Gasteiger partial charge on any atom is 0.0785 e. The van der Waals surface area contributed by atoms with Crippen molar-refractivity contribution in [2.75, 3.05) is 19.6 Å². The summed E-state index contributed by atoms with van der Waals surface area (Å²) in [5.74, 6) is 0. The zero-order valence-electron chi connectivity index (χ0n) is 19.8. The number of rotatable bonds is 20. The van der Waals surface area contributed by atoms with Gasteiger partial charge in [0.25, 0.3) is 0 Å². The minimum absolute atomic E-state index is 0.